The number of carboxylic acid groups (broad SMARTS) is 1. The Bertz CT molecular complexity index is 1820. The molecule has 0 bridgehead atoms. The van der Waals surface area contributed by atoms with Crippen molar-refractivity contribution in [2.75, 3.05) is 59.3 Å². The van der Waals surface area contributed by atoms with E-state index in [1.165, 1.54) is 50.8 Å². The average Bonchev–Trinajstić information content (AvgIpc) is 3.43. The smallest absolute Gasteiger partial charge is 0.303 e. The van der Waals surface area contributed by atoms with Gasteiger partial charge >= 0.3 is 5.97 Å². The Labute approximate surface area is 308 Å². The molecule has 0 aliphatic carbocycles. The topological polar surface area (TPSA) is 43.5 Å². The summed E-state index contributed by atoms with van der Waals surface area (Å²) in [5.41, 5.74) is 11.7. The van der Waals surface area contributed by atoms with E-state index in [0.29, 0.717) is 0 Å². The maximum Gasteiger partial charge on any atom is 0.303 e. The minimum absolute atomic E-state index is 0.120. The van der Waals surface area contributed by atoms with Crippen LogP contribution in [0.3, 0.4) is 0 Å². The number of fused-ring (bicyclic) bond motifs is 2. The molecule has 0 aromatic heterocycles. The van der Waals surface area contributed by atoms with Crippen LogP contribution in [0.2, 0.25) is 0 Å². The zero-order valence-corrected chi connectivity index (χ0v) is 33.1. The van der Waals surface area contributed by atoms with Crippen molar-refractivity contribution in [3.05, 3.63) is 107 Å². The molecule has 6 heteroatoms. The molecule has 3 aromatic carbocycles. The molecule has 2 aliphatic rings. The summed E-state index contributed by atoms with van der Waals surface area (Å²) in [6.45, 7) is 17.8. The highest BCUT2D eigenvalue weighted by molar-refractivity contribution is 6.03. The van der Waals surface area contributed by atoms with Crippen molar-refractivity contribution >= 4 is 34.4 Å². The molecule has 5 rings (SSSR count). The van der Waals surface area contributed by atoms with Gasteiger partial charge in [-0.15, -0.1) is 0 Å². The third kappa shape index (κ3) is 7.78. The molecule has 0 fully saturated rings. The fourth-order valence-electron chi connectivity index (χ4n) is 8.18. The highest BCUT2D eigenvalue weighted by atomic mass is 16.4. The first-order valence-electron chi connectivity index (χ1n) is 19.0. The largest absolute Gasteiger partial charge is 0.481 e. The van der Waals surface area contributed by atoms with Gasteiger partial charge in [0, 0.05) is 84.1 Å². The maximum atomic E-state index is 11.1. The Balaban J connectivity index is 1.41. The number of hydrogen-bond donors (Lipinski definition) is 1. The van der Waals surface area contributed by atoms with E-state index >= 15 is 0 Å². The molecule has 0 spiro atoms. The predicted octanol–water partition coefficient (Wildman–Crippen LogP) is 9.50. The number of unbranched alkanes of at least 4 members (excludes halogenated alkanes) is 2. The number of nitrogens with zero attached hydrogens (tertiary/aromatic N) is 4. The van der Waals surface area contributed by atoms with Gasteiger partial charge in [-0.1, -0.05) is 56.3 Å². The first-order chi connectivity index (χ1) is 24.0. The Morgan fingerprint density at radius 1 is 0.804 bits per heavy atom. The average molecular weight is 692 g/mol. The molecule has 2 aliphatic heterocycles. The van der Waals surface area contributed by atoms with Gasteiger partial charge in [-0.05, 0) is 58.2 Å². The number of aryl methyl sites for hydroxylation is 1. The third-order valence-corrected chi connectivity index (χ3v) is 11.8. The SMILES string of the molecule is CC[N+](C)(C)c1ccc([N+](C)(C)CCCN2C(=CC=CC3=[N+](CCCCCC(=O)O)c4c(C)cccc4C3(C)C)C(C)(C)c3ccccc32)cc1. The zero-order valence-electron chi connectivity index (χ0n) is 33.1. The summed E-state index contributed by atoms with van der Waals surface area (Å²) in [6.07, 6.45) is 10.9. The van der Waals surface area contributed by atoms with Crippen molar-refractivity contribution in [3.8, 4) is 0 Å². The lowest BCUT2D eigenvalue weighted by atomic mass is 9.80. The quantitative estimate of drug-likeness (QED) is 0.0981. The predicted molar refractivity (Wildman–Crippen MR) is 218 cm³/mol. The fourth-order valence-corrected chi connectivity index (χ4v) is 8.18. The molecular weight excluding hydrogens is 629 g/mol. The van der Waals surface area contributed by atoms with Crippen LogP contribution < -0.4 is 13.9 Å². The van der Waals surface area contributed by atoms with E-state index in [0.717, 1.165) is 60.8 Å². The second-order valence-corrected chi connectivity index (χ2v) is 16.8. The van der Waals surface area contributed by atoms with Gasteiger partial charge in [0.05, 0.1) is 46.7 Å². The maximum absolute atomic E-state index is 11.1. The van der Waals surface area contributed by atoms with Crippen LogP contribution >= 0.6 is 0 Å². The normalized spacial score (nSPS) is 17.5. The van der Waals surface area contributed by atoms with Gasteiger partial charge < -0.3 is 10.0 Å². The van der Waals surface area contributed by atoms with Crippen LogP contribution in [0.1, 0.15) is 83.4 Å². The minimum atomic E-state index is -0.712. The Morgan fingerprint density at radius 3 is 2.12 bits per heavy atom. The van der Waals surface area contributed by atoms with E-state index in [1.807, 2.05) is 0 Å². The second-order valence-electron chi connectivity index (χ2n) is 16.8. The lowest BCUT2D eigenvalue weighted by molar-refractivity contribution is -0.438. The van der Waals surface area contributed by atoms with Gasteiger partial charge in [-0.2, -0.15) is 4.58 Å². The number of anilines is 1. The van der Waals surface area contributed by atoms with Gasteiger partial charge in [0.1, 0.15) is 17.9 Å². The van der Waals surface area contributed by atoms with Gasteiger partial charge in [0.15, 0.2) is 5.71 Å². The van der Waals surface area contributed by atoms with Crippen LogP contribution in [-0.4, -0.2) is 75.7 Å². The summed E-state index contributed by atoms with van der Waals surface area (Å²) < 4.78 is 4.23. The minimum Gasteiger partial charge on any atom is -0.481 e. The molecule has 51 heavy (non-hydrogen) atoms. The van der Waals surface area contributed by atoms with Crippen molar-refractivity contribution in [1.29, 1.82) is 0 Å². The highest BCUT2D eigenvalue weighted by Crippen LogP contribution is 2.48. The number of para-hydroxylation sites is 2. The Morgan fingerprint density at radius 2 is 1.45 bits per heavy atom. The first-order valence-corrected chi connectivity index (χ1v) is 19.0. The van der Waals surface area contributed by atoms with Crippen molar-refractivity contribution in [2.24, 2.45) is 0 Å². The van der Waals surface area contributed by atoms with Crippen molar-refractivity contribution in [2.45, 2.75) is 84.5 Å². The van der Waals surface area contributed by atoms with Gasteiger partial charge in [0.25, 0.3) is 0 Å². The van der Waals surface area contributed by atoms with Crippen LogP contribution in [0.5, 0.6) is 0 Å². The molecule has 0 atom stereocenters. The van der Waals surface area contributed by atoms with E-state index in [9.17, 15) is 4.79 Å². The van der Waals surface area contributed by atoms with Crippen molar-refractivity contribution in [1.82, 2.24) is 8.97 Å². The number of allylic oxidation sites excluding steroid dienone is 4. The summed E-state index contributed by atoms with van der Waals surface area (Å²) in [5, 5.41) is 9.14. The number of rotatable bonds is 15. The lowest BCUT2D eigenvalue weighted by Gasteiger charge is -2.32. The van der Waals surface area contributed by atoms with E-state index < -0.39 is 5.97 Å². The molecule has 2 heterocycles. The molecule has 272 valence electrons. The van der Waals surface area contributed by atoms with Crippen LogP contribution in [0.15, 0.2) is 90.7 Å². The molecule has 0 unspecified atom stereocenters. The molecule has 6 nitrogen and oxygen atoms in total. The first kappa shape index (κ1) is 38.2. The van der Waals surface area contributed by atoms with Crippen molar-refractivity contribution in [3.63, 3.8) is 0 Å². The monoisotopic (exact) mass is 691 g/mol. The Kier molecular flexibility index (Phi) is 11.2. The number of benzene rings is 3. The van der Waals surface area contributed by atoms with Gasteiger partial charge in [-0.3, -0.25) is 13.8 Å². The van der Waals surface area contributed by atoms with Crippen molar-refractivity contribution < 1.29 is 14.5 Å². The standard InChI is InChI=1S/C45H62N4O2/c1-11-48(7,8)35-27-29-36(30-28-35)49(9,10)33-19-32-46-39-23-15-14-21-37(39)44(3,4)40(46)24-18-25-41-45(5,6)38-22-17-20-34(2)43(38)47(41)31-16-12-13-26-42(50)51/h14-15,17-18,20-25,27-30H,11-13,16,19,26,31-33H2,1-10H3/q+2/p+1. The highest BCUT2D eigenvalue weighted by Gasteiger charge is 2.45. The summed E-state index contributed by atoms with van der Waals surface area (Å²) >= 11 is 0. The van der Waals surface area contributed by atoms with E-state index in [4.69, 9.17) is 5.11 Å². The van der Waals surface area contributed by atoms with Gasteiger partial charge in [-0.25, -0.2) is 0 Å². The van der Waals surface area contributed by atoms with Crippen LogP contribution in [0.4, 0.5) is 22.7 Å². The molecular formula is C45H63N4O2+3. The summed E-state index contributed by atoms with van der Waals surface area (Å²) in [7, 11) is 9.19. The summed E-state index contributed by atoms with van der Waals surface area (Å²) in [4.78, 5) is 13.7. The summed E-state index contributed by atoms with van der Waals surface area (Å²) in [5.74, 6) is -0.712. The zero-order chi connectivity index (χ0) is 37.2. The number of hydrogen-bond acceptors (Lipinski definition) is 2. The van der Waals surface area contributed by atoms with Crippen LogP contribution in [0, 0.1) is 6.92 Å². The summed E-state index contributed by atoms with van der Waals surface area (Å²) in [6, 6.07) is 24.8. The van der Waals surface area contributed by atoms with Crippen LogP contribution in [0.25, 0.3) is 0 Å². The molecule has 0 radical (unpaired) electrons. The third-order valence-electron chi connectivity index (χ3n) is 11.8. The molecule has 0 saturated carbocycles. The second kappa shape index (κ2) is 14.9. The number of carbonyl (C=O) groups is 1. The fraction of sp³-hybridized carbons (Fsp3) is 0.467. The van der Waals surface area contributed by atoms with E-state index in [2.05, 4.69) is 164 Å². The number of aliphatic carboxylic acids is 1. The molecule has 3 aromatic rings. The molecule has 1 N–H and O–H groups in total. The number of quaternary nitrogens is 2. The molecule has 0 saturated heterocycles. The van der Waals surface area contributed by atoms with E-state index in [-0.39, 0.29) is 17.3 Å². The van der Waals surface area contributed by atoms with Crippen LogP contribution in [-0.2, 0) is 15.6 Å². The van der Waals surface area contributed by atoms with Gasteiger partial charge in [0.2, 0.25) is 5.69 Å². The van der Waals surface area contributed by atoms with E-state index in [1.54, 1.807) is 0 Å². The number of carboxylic acids is 1. The Hall–Kier alpha value is -4.00. The molecule has 0 amide bonds. The lowest BCUT2D eigenvalue weighted by Crippen LogP contribution is -2.43.